The Labute approximate surface area is 145 Å². The highest BCUT2D eigenvalue weighted by atomic mass is 19.2. The summed E-state index contributed by atoms with van der Waals surface area (Å²) >= 11 is 0. The minimum atomic E-state index is -1.16. The third-order valence-corrected chi connectivity index (χ3v) is 4.28. The van der Waals surface area contributed by atoms with Crippen LogP contribution in [0.4, 0.5) is 18.9 Å². The predicted molar refractivity (Wildman–Crippen MR) is 83.2 cm³/mol. The SMILES string of the molecule is O=C1[C@H]2N=NN(Cc3ccc(F)cc3)[C@@H]2C(=O)N1c1ccc(F)c(F)c1. The fraction of sp³-hybridized carbons (Fsp3) is 0.176. The molecule has 9 heteroatoms. The maximum absolute atomic E-state index is 13.5. The molecule has 4 rings (SSSR count). The van der Waals surface area contributed by atoms with Crippen LogP contribution in [0.5, 0.6) is 0 Å². The van der Waals surface area contributed by atoms with Crippen molar-refractivity contribution >= 4 is 17.5 Å². The van der Waals surface area contributed by atoms with E-state index in [0.29, 0.717) is 5.56 Å². The first-order chi connectivity index (χ1) is 12.5. The van der Waals surface area contributed by atoms with Crippen LogP contribution in [0.25, 0.3) is 0 Å². The van der Waals surface area contributed by atoms with Gasteiger partial charge in [0.25, 0.3) is 11.8 Å². The first-order valence-corrected chi connectivity index (χ1v) is 7.70. The zero-order valence-corrected chi connectivity index (χ0v) is 13.1. The summed E-state index contributed by atoms with van der Waals surface area (Å²) in [7, 11) is 0. The molecule has 0 saturated carbocycles. The summed E-state index contributed by atoms with van der Waals surface area (Å²) in [4.78, 5) is 26.0. The lowest BCUT2D eigenvalue weighted by Gasteiger charge is -2.20. The van der Waals surface area contributed by atoms with Crippen LogP contribution in [0, 0.1) is 17.5 Å². The minimum absolute atomic E-state index is 0.0646. The van der Waals surface area contributed by atoms with Gasteiger partial charge in [0.05, 0.1) is 12.2 Å². The summed E-state index contributed by atoms with van der Waals surface area (Å²) in [6.45, 7) is 0.148. The van der Waals surface area contributed by atoms with Crippen molar-refractivity contribution in [3.8, 4) is 0 Å². The van der Waals surface area contributed by atoms with Crippen LogP contribution in [0.1, 0.15) is 5.56 Å². The predicted octanol–water partition coefficient (Wildman–Crippen LogP) is 2.60. The standard InChI is InChI=1S/C17H11F3N4O2/c18-10-3-1-9(2-4-10)8-23-15-14(21-22-23)16(25)24(17(15)26)11-5-6-12(19)13(20)7-11/h1-7,14-15H,8H2/t14-,15-/m0/s1. The van der Waals surface area contributed by atoms with E-state index in [0.717, 1.165) is 23.1 Å². The van der Waals surface area contributed by atoms with E-state index in [-0.39, 0.29) is 12.2 Å². The number of rotatable bonds is 3. The summed E-state index contributed by atoms with van der Waals surface area (Å²) in [6, 6.07) is 6.38. The molecule has 0 spiro atoms. The summed E-state index contributed by atoms with van der Waals surface area (Å²) in [5.74, 6) is -3.92. The van der Waals surface area contributed by atoms with Crippen molar-refractivity contribution in [2.45, 2.75) is 18.6 Å². The highest BCUT2D eigenvalue weighted by molar-refractivity contribution is 6.25. The van der Waals surface area contributed by atoms with Crippen LogP contribution in [0.2, 0.25) is 0 Å². The normalized spacial score (nSPS) is 21.7. The molecular weight excluding hydrogens is 349 g/mol. The first-order valence-electron chi connectivity index (χ1n) is 7.70. The number of fused-ring (bicyclic) bond motifs is 1. The van der Waals surface area contributed by atoms with Gasteiger partial charge in [0, 0.05) is 6.07 Å². The second kappa shape index (κ2) is 5.94. The van der Waals surface area contributed by atoms with Gasteiger partial charge in [-0.2, -0.15) is 5.11 Å². The van der Waals surface area contributed by atoms with E-state index in [1.54, 1.807) is 0 Å². The van der Waals surface area contributed by atoms with E-state index >= 15 is 0 Å². The summed E-state index contributed by atoms with van der Waals surface area (Å²) in [6.07, 6.45) is 0. The average Bonchev–Trinajstić information content (AvgIpc) is 3.13. The Hall–Kier alpha value is -3.23. The largest absolute Gasteiger partial charge is 0.271 e. The summed E-state index contributed by atoms with van der Waals surface area (Å²) < 4.78 is 39.6. The molecule has 2 amide bonds. The molecule has 2 aromatic rings. The van der Waals surface area contributed by atoms with Crippen LogP contribution >= 0.6 is 0 Å². The van der Waals surface area contributed by atoms with Gasteiger partial charge in [-0.1, -0.05) is 17.4 Å². The number of hydrogen-bond acceptors (Lipinski definition) is 5. The Morgan fingerprint density at radius 3 is 2.35 bits per heavy atom. The van der Waals surface area contributed by atoms with Gasteiger partial charge >= 0.3 is 0 Å². The smallest absolute Gasteiger partial charge is 0.263 e. The summed E-state index contributed by atoms with van der Waals surface area (Å²) in [5.41, 5.74) is 0.614. The Bertz CT molecular complexity index is 932. The fourth-order valence-electron chi connectivity index (χ4n) is 3.01. The Morgan fingerprint density at radius 2 is 1.65 bits per heavy atom. The molecule has 0 aromatic heterocycles. The number of anilines is 1. The average molecular weight is 360 g/mol. The van der Waals surface area contributed by atoms with Gasteiger partial charge < -0.3 is 0 Å². The second-order valence-electron chi connectivity index (χ2n) is 5.93. The fourth-order valence-corrected chi connectivity index (χ4v) is 3.01. The molecule has 1 fully saturated rings. The number of benzene rings is 2. The molecule has 2 aromatic carbocycles. The molecular formula is C17H11F3N4O2. The third-order valence-electron chi connectivity index (χ3n) is 4.28. The van der Waals surface area contributed by atoms with Gasteiger partial charge in [0.1, 0.15) is 5.82 Å². The number of hydrogen-bond donors (Lipinski definition) is 0. The Balaban J connectivity index is 1.60. The van der Waals surface area contributed by atoms with E-state index in [1.165, 1.54) is 29.3 Å². The first kappa shape index (κ1) is 16.2. The lowest BCUT2D eigenvalue weighted by atomic mass is 10.1. The minimum Gasteiger partial charge on any atom is -0.271 e. The lowest BCUT2D eigenvalue weighted by Crippen LogP contribution is -2.39. The van der Waals surface area contributed by atoms with Crippen LogP contribution in [0.15, 0.2) is 52.8 Å². The van der Waals surface area contributed by atoms with Gasteiger partial charge in [-0.15, -0.1) is 0 Å². The second-order valence-corrected chi connectivity index (χ2v) is 5.93. The zero-order valence-electron chi connectivity index (χ0n) is 13.1. The van der Waals surface area contributed by atoms with Crippen molar-refractivity contribution in [1.82, 2.24) is 5.01 Å². The monoisotopic (exact) mass is 360 g/mol. The van der Waals surface area contributed by atoms with Gasteiger partial charge in [0.15, 0.2) is 23.7 Å². The molecule has 2 aliphatic heterocycles. The number of imide groups is 1. The van der Waals surface area contributed by atoms with E-state index in [1.807, 2.05) is 0 Å². The molecule has 0 unspecified atom stereocenters. The number of halogens is 3. The van der Waals surface area contributed by atoms with Gasteiger partial charge in [-0.25, -0.2) is 18.1 Å². The highest BCUT2D eigenvalue weighted by Gasteiger charge is 2.54. The molecule has 6 nitrogen and oxygen atoms in total. The Kier molecular flexibility index (Phi) is 3.71. The van der Waals surface area contributed by atoms with Crippen LogP contribution in [0.3, 0.4) is 0 Å². The van der Waals surface area contributed by atoms with Crippen LogP contribution < -0.4 is 4.90 Å². The molecule has 132 valence electrons. The van der Waals surface area contributed by atoms with Crippen molar-refractivity contribution in [3.05, 3.63) is 65.5 Å². The lowest BCUT2D eigenvalue weighted by molar-refractivity contribution is -0.123. The zero-order chi connectivity index (χ0) is 18.4. The van der Waals surface area contributed by atoms with Crippen molar-refractivity contribution in [1.29, 1.82) is 0 Å². The number of amides is 2. The maximum atomic E-state index is 13.5. The molecule has 26 heavy (non-hydrogen) atoms. The topological polar surface area (TPSA) is 65.3 Å². The molecule has 0 bridgehead atoms. The van der Waals surface area contributed by atoms with Crippen molar-refractivity contribution in [3.63, 3.8) is 0 Å². The van der Waals surface area contributed by atoms with Crippen molar-refractivity contribution in [2.75, 3.05) is 4.90 Å². The number of nitrogens with zero attached hydrogens (tertiary/aromatic N) is 4. The molecule has 0 radical (unpaired) electrons. The molecule has 0 N–H and O–H groups in total. The highest BCUT2D eigenvalue weighted by Crippen LogP contribution is 2.33. The van der Waals surface area contributed by atoms with E-state index in [2.05, 4.69) is 10.3 Å². The van der Waals surface area contributed by atoms with Crippen LogP contribution in [-0.2, 0) is 16.1 Å². The quantitative estimate of drug-likeness (QED) is 0.791. The van der Waals surface area contributed by atoms with Crippen LogP contribution in [-0.4, -0.2) is 28.9 Å². The number of carbonyl (C=O) groups excluding carboxylic acids is 2. The molecule has 2 heterocycles. The van der Waals surface area contributed by atoms with Crippen molar-refractivity contribution in [2.24, 2.45) is 10.3 Å². The molecule has 1 saturated heterocycles. The van der Waals surface area contributed by atoms with E-state index in [4.69, 9.17) is 0 Å². The van der Waals surface area contributed by atoms with Gasteiger partial charge in [0.2, 0.25) is 0 Å². The van der Waals surface area contributed by atoms with E-state index < -0.39 is 41.3 Å². The van der Waals surface area contributed by atoms with Crippen molar-refractivity contribution < 1.29 is 22.8 Å². The maximum Gasteiger partial charge on any atom is 0.263 e. The molecule has 2 aliphatic rings. The molecule has 0 aliphatic carbocycles. The van der Waals surface area contributed by atoms with Gasteiger partial charge in [-0.05, 0) is 29.8 Å². The summed E-state index contributed by atoms with van der Waals surface area (Å²) in [5, 5.41) is 9.03. The Morgan fingerprint density at radius 1 is 0.923 bits per heavy atom. The number of carbonyl (C=O) groups is 2. The molecule has 2 atom stereocenters. The van der Waals surface area contributed by atoms with E-state index in [9.17, 15) is 22.8 Å². The van der Waals surface area contributed by atoms with Gasteiger partial charge in [-0.3, -0.25) is 14.6 Å². The third kappa shape index (κ3) is 2.52.